The van der Waals surface area contributed by atoms with Crippen molar-refractivity contribution in [3.8, 4) is 17.2 Å². The first kappa shape index (κ1) is 39.1. The van der Waals surface area contributed by atoms with E-state index in [9.17, 15) is 15.0 Å². The van der Waals surface area contributed by atoms with Gasteiger partial charge in [0.2, 0.25) is 11.7 Å². The number of unbranched alkanes of at least 4 members (excludes halogenated alkanes) is 2. The molecule has 294 valence electrons. The summed E-state index contributed by atoms with van der Waals surface area (Å²) in [5, 5.41) is 26.9. The highest BCUT2D eigenvalue weighted by Crippen LogP contribution is 2.62. The summed E-state index contributed by atoms with van der Waals surface area (Å²) in [6, 6.07) is 20.0. The zero-order valence-corrected chi connectivity index (χ0v) is 32.9. The van der Waals surface area contributed by atoms with Crippen molar-refractivity contribution in [1.29, 1.82) is 0 Å². The topological polar surface area (TPSA) is 110 Å². The lowest BCUT2D eigenvalue weighted by Gasteiger charge is -2.59. The van der Waals surface area contributed by atoms with Crippen molar-refractivity contribution >= 4 is 22.4 Å². The Hall–Kier alpha value is -4.18. The zero-order valence-electron chi connectivity index (χ0n) is 32.9. The largest absolute Gasteiger partial charge is 0.459 e. The van der Waals surface area contributed by atoms with Crippen LogP contribution in [0.25, 0.3) is 10.8 Å². The van der Waals surface area contributed by atoms with Gasteiger partial charge in [-0.05, 0) is 118 Å². The maximum Gasteiger partial charge on any atom is 0.239 e. The van der Waals surface area contributed by atoms with E-state index in [1.807, 2.05) is 63.1 Å². The molecule has 0 radical (unpaired) electrons. The van der Waals surface area contributed by atoms with Gasteiger partial charge in [0.1, 0.15) is 28.9 Å². The molecular formula is C46H58N2O7. The third-order valence-electron chi connectivity index (χ3n) is 11.8. The van der Waals surface area contributed by atoms with Crippen LogP contribution in [0.15, 0.2) is 90.1 Å². The van der Waals surface area contributed by atoms with Crippen LogP contribution in [0.2, 0.25) is 0 Å². The summed E-state index contributed by atoms with van der Waals surface area (Å²) in [5.74, 6) is 0.837. The van der Waals surface area contributed by atoms with E-state index in [2.05, 4.69) is 43.0 Å². The average molecular weight is 751 g/mol. The Kier molecular flexibility index (Phi) is 11.7. The lowest BCUT2D eigenvalue weighted by molar-refractivity contribution is -0.256. The van der Waals surface area contributed by atoms with Crippen LogP contribution in [0.3, 0.4) is 0 Å². The van der Waals surface area contributed by atoms with Gasteiger partial charge in [-0.2, -0.15) is 0 Å². The molecule has 55 heavy (non-hydrogen) atoms. The van der Waals surface area contributed by atoms with Crippen LogP contribution in [0, 0.1) is 23.7 Å². The number of ether oxygens (including phenoxy) is 3. The summed E-state index contributed by atoms with van der Waals surface area (Å²) in [6.07, 6.45) is 11.2. The number of aliphatic hydroxyl groups is 2. The summed E-state index contributed by atoms with van der Waals surface area (Å²) < 4.78 is 20.9. The van der Waals surface area contributed by atoms with Crippen molar-refractivity contribution in [2.75, 3.05) is 26.9 Å². The molecule has 3 aromatic rings. The Bertz CT molecular complexity index is 1910. The molecule has 2 saturated carbocycles. The number of nitrogens with zero attached hydrogens (tertiary/aromatic N) is 2. The van der Waals surface area contributed by atoms with E-state index in [0.29, 0.717) is 24.3 Å². The molecule has 1 heterocycles. The standard InChI is InChI=1S/C46H58N2O7/c1-6-25-52-46-41(48(5)44(51)31-17-18-31)29-39(47-55-45(2,3)4)37-27-33(15-9-11-23-49)36(16-10-12-24-50)42(43(37)46)38-28-35(21-22-40(38)54-46)53-34-20-19-30-13-7-8-14-32(30)26-34/h6-8,13-14,19-22,26-28,31,33,36,41-43,49-50H,1,9-12,15-18,23-25,29H2,2-5H3/t33-,36+,41-,42+,43+,46+/m0/s1. The number of aliphatic hydroxyl groups excluding tert-OH is 2. The fourth-order valence-corrected chi connectivity index (χ4v) is 9.12. The number of hydrogen-bond donors (Lipinski definition) is 2. The number of amides is 1. The first-order chi connectivity index (χ1) is 26.6. The van der Waals surface area contributed by atoms with Gasteiger partial charge in [-0.25, -0.2) is 0 Å². The number of hydrogen-bond acceptors (Lipinski definition) is 8. The summed E-state index contributed by atoms with van der Waals surface area (Å²) in [4.78, 5) is 22.0. The number of fused-ring (bicyclic) bond motifs is 3. The Morgan fingerprint density at radius 3 is 2.40 bits per heavy atom. The van der Waals surface area contributed by atoms with E-state index in [0.717, 1.165) is 78.3 Å². The van der Waals surface area contributed by atoms with Crippen LogP contribution in [0.4, 0.5) is 0 Å². The second kappa shape index (κ2) is 16.5. The van der Waals surface area contributed by atoms with Crippen molar-refractivity contribution in [3.63, 3.8) is 0 Å². The molecule has 3 aromatic carbocycles. The van der Waals surface area contributed by atoms with Crippen LogP contribution in [0.5, 0.6) is 17.2 Å². The quantitative estimate of drug-likeness (QED) is 0.0855. The summed E-state index contributed by atoms with van der Waals surface area (Å²) in [7, 11) is 1.88. The molecule has 0 saturated heterocycles. The molecule has 0 bridgehead atoms. The van der Waals surface area contributed by atoms with Crippen molar-refractivity contribution in [2.45, 2.75) is 102 Å². The number of oxime groups is 1. The minimum atomic E-state index is -1.25. The predicted octanol–water partition coefficient (Wildman–Crippen LogP) is 8.93. The van der Waals surface area contributed by atoms with Crippen molar-refractivity contribution < 1.29 is 34.1 Å². The highest BCUT2D eigenvalue weighted by Gasteiger charge is 2.65. The molecule has 0 unspecified atom stereocenters. The van der Waals surface area contributed by atoms with Crippen LogP contribution in [-0.4, -0.2) is 71.0 Å². The normalized spacial score (nSPS) is 26.4. The Labute approximate surface area is 326 Å². The van der Waals surface area contributed by atoms with Gasteiger partial charge < -0.3 is 34.2 Å². The molecule has 1 aliphatic heterocycles. The van der Waals surface area contributed by atoms with Crippen molar-refractivity contribution in [2.24, 2.45) is 28.8 Å². The number of likely N-dealkylation sites (N-methyl/N-ethyl adjacent to an activating group) is 1. The molecule has 0 aromatic heterocycles. The van der Waals surface area contributed by atoms with Crippen molar-refractivity contribution in [3.05, 3.63) is 90.5 Å². The Morgan fingerprint density at radius 1 is 0.982 bits per heavy atom. The summed E-state index contributed by atoms with van der Waals surface area (Å²) in [6.45, 7) is 10.5. The van der Waals surface area contributed by atoms with Gasteiger partial charge >= 0.3 is 0 Å². The Morgan fingerprint density at radius 2 is 1.69 bits per heavy atom. The number of benzene rings is 3. The van der Waals surface area contributed by atoms with E-state index in [1.54, 1.807) is 6.08 Å². The van der Waals surface area contributed by atoms with Gasteiger partial charge in [0.05, 0.1) is 18.2 Å². The molecular weight excluding hydrogens is 693 g/mol. The molecule has 3 aliphatic carbocycles. The van der Waals surface area contributed by atoms with Gasteiger partial charge in [0.25, 0.3) is 0 Å². The van der Waals surface area contributed by atoms with Crippen molar-refractivity contribution in [1.82, 2.24) is 4.90 Å². The van der Waals surface area contributed by atoms with E-state index >= 15 is 0 Å². The number of carbonyl (C=O) groups is 1. The van der Waals surface area contributed by atoms with Crippen LogP contribution in [0.1, 0.15) is 90.0 Å². The van der Waals surface area contributed by atoms with E-state index in [-0.39, 0.29) is 55.3 Å². The zero-order chi connectivity index (χ0) is 38.7. The minimum Gasteiger partial charge on any atom is -0.459 e. The third-order valence-corrected chi connectivity index (χ3v) is 11.8. The summed E-state index contributed by atoms with van der Waals surface area (Å²) in [5.41, 5.74) is 2.33. The second-order valence-electron chi connectivity index (χ2n) is 16.8. The fraction of sp³-hybridized carbons (Fsp3) is 0.522. The molecule has 0 spiro atoms. The second-order valence-corrected chi connectivity index (χ2v) is 16.8. The molecule has 9 nitrogen and oxygen atoms in total. The van der Waals surface area contributed by atoms with Gasteiger partial charge in [-0.15, -0.1) is 6.58 Å². The van der Waals surface area contributed by atoms with Crippen LogP contribution in [-0.2, 0) is 14.4 Å². The van der Waals surface area contributed by atoms with Gasteiger partial charge in [0.15, 0.2) is 0 Å². The smallest absolute Gasteiger partial charge is 0.239 e. The fourth-order valence-electron chi connectivity index (χ4n) is 9.12. The molecule has 4 aliphatic rings. The number of allylic oxidation sites excluding steroid dienone is 1. The molecule has 9 heteroatoms. The SMILES string of the molecule is C=CCO[C@@]12Oc3ccc(Oc4ccc5ccccc5c4)cc3[C@H]3[C@H](CCCCO)[C@@H](CCCCO)C=C(C(=NOC(C)(C)C)C[C@@H]1N(C)C(=O)C1CC1)[C@H]32. The molecule has 1 amide bonds. The lowest BCUT2D eigenvalue weighted by Crippen LogP contribution is -2.69. The van der Waals surface area contributed by atoms with Gasteiger partial charge in [-0.3, -0.25) is 4.79 Å². The predicted molar refractivity (Wildman–Crippen MR) is 215 cm³/mol. The number of rotatable bonds is 16. The Balaban J connectivity index is 1.41. The van der Waals surface area contributed by atoms with E-state index in [4.69, 9.17) is 24.2 Å². The molecule has 6 atom stereocenters. The average Bonchev–Trinajstić information content (AvgIpc) is 4.03. The van der Waals surface area contributed by atoms with Crippen LogP contribution >= 0.6 is 0 Å². The summed E-state index contributed by atoms with van der Waals surface area (Å²) >= 11 is 0. The third kappa shape index (κ3) is 8.21. The van der Waals surface area contributed by atoms with Gasteiger partial charge in [-0.1, -0.05) is 60.5 Å². The maximum absolute atomic E-state index is 14.0. The monoisotopic (exact) mass is 750 g/mol. The first-order valence-electron chi connectivity index (χ1n) is 20.3. The highest BCUT2D eigenvalue weighted by atomic mass is 16.7. The lowest BCUT2D eigenvalue weighted by atomic mass is 9.55. The first-order valence-corrected chi connectivity index (χ1v) is 20.3. The van der Waals surface area contributed by atoms with E-state index < -0.39 is 17.4 Å². The minimum absolute atomic E-state index is 0.000383. The molecule has 2 N–H and O–H groups in total. The van der Waals surface area contributed by atoms with Gasteiger partial charge in [0, 0.05) is 44.1 Å². The van der Waals surface area contributed by atoms with Crippen LogP contribution < -0.4 is 9.47 Å². The molecule has 2 fully saturated rings. The maximum atomic E-state index is 14.0. The number of carbonyl (C=O) groups excluding carboxylic acids is 1. The molecule has 7 rings (SSSR count). The highest BCUT2D eigenvalue weighted by molar-refractivity contribution is 6.03. The van der Waals surface area contributed by atoms with E-state index in [1.165, 1.54) is 0 Å².